The summed E-state index contributed by atoms with van der Waals surface area (Å²) >= 11 is 0. The molecule has 1 aliphatic carbocycles. The third-order valence-corrected chi connectivity index (χ3v) is 3.94. The number of rotatable bonds is 3. The third-order valence-electron chi connectivity index (χ3n) is 3.94. The molecule has 2 nitrogen and oxygen atoms in total. The van der Waals surface area contributed by atoms with Crippen molar-refractivity contribution in [2.75, 3.05) is 41.3 Å². The van der Waals surface area contributed by atoms with Gasteiger partial charge in [0.1, 0.15) is 0 Å². The summed E-state index contributed by atoms with van der Waals surface area (Å²) in [6.07, 6.45) is 8.16. The predicted molar refractivity (Wildman–Crippen MR) is 98.0 cm³/mol. The van der Waals surface area contributed by atoms with Gasteiger partial charge >= 0.3 is 22.4 Å². The molecule has 0 atom stereocenters. The Hall–Kier alpha value is -0.599. The Balaban J connectivity index is 0.000000507. The number of hydrogen-bond acceptors (Lipinski definition) is 2. The fourth-order valence-electron chi connectivity index (χ4n) is 2.60. The van der Waals surface area contributed by atoms with Gasteiger partial charge < -0.3 is 16.2 Å². The molecule has 0 amide bonds. The molecule has 0 saturated carbocycles. The van der Waals surface area contributed by atoms with Crippen molar-refractivity contribution in [3.05, 3.63) is 65.6 Å². The molecular weight excluding hydrogens is 674 g/mol. The maximum Gasteiger partial charge on any atom is 1.00 e. The van der Waals surface area contributed by atoms with E-state index in [0.717, 1.165) is 25.1 Å². The molecule has 2 aromatic carbocycles. The van der Waals surface area contributed by atoms with Crippen LogP contribution in [0.25, 0.3) is 11.1 Å². The molecule has 25 heavy (non-hydrogen) atoms. The SMILES string of the molecule is CN(C)CCN(C)C.[Au+].[Au].[C-]#Cc1ccc2c(c1)-c1ccccc1C2. The number of likely N-dealkylation sites (N-methyl/N-ethyl adjacent to an activating group) is 2. The van der Waals surface area contributed by atoms with Gasteiger partial charge in [0.15, 0.2) is 0 Å². The summed E-state index contributed by atoms with van der Waals surface area (Å²) in [7, 11) is 8.35. The fourth-order valence-corrected chi connectivity index (χ4v) is 2.60. The first-order valence-corrected chi connectivity index (χ1v) is 7.94. The van der Waals surface area contributed by atoms with Crippen LogP contribution in [-0.4, -0.2) is 51.1 Å². The van der Waals surface area contributed by atoms with Crippen molar-refractivity contribution >= 4 is 0 Å². The predicted octanol–water partition coefficient (Wildman–Crippen LogP) is 3.30. The fraction of sp³-hybridized carbons (Fsp3) is 0.333. The minimum absolute atomic E-state index is 0. The zero-order chi connectivity index (χ0) is 16.8. The van der Waals surface area contributed by atoms with Gasteiger partial charge in [-0.05, 0) is 56.9 Å². The average molecular weight is 699 g/mol. The Labute approximate surface area is 184 Å². The molecule has 2 aromatic rings. The van der Waals surface area contributed by atoms with Gasteiger partial charge in [-0.1, -0.05) is 30.3 Å². The van der Waals surface area contributed by atoms with Crippen LogP contribution in [-0.2, 0) is 51.2 Å². The number of hydrogen-bond donors (Lipinski definition) is 0. The van der Waals surface area contributed by atoms with Crippen molar-refractivity contribution in [3.8, 4) is 17.0 Å². The molecule has 0 N–H and O–H groups in total. The molecule has 141 valence electrons. The first kappa shape index (κ1) is 24.4. The minimum Gasteiger partial charge on any atom is -0.366 e. The van der Waals surface area contributed by atoms with E-state index in [9.17, 15) is 0 Å². The van der Waals surface area contributed by atoms with Gasteiger partial charge in [0.2, 0.25) is 0 Å². The summed E-state index contributed by atoms with van der Waals surface area (Å²) in [5.41, 5.74) is 6.17. The van der Waals surface area contributed by atoms with E-state index in [2.05, 4.69) is 74.2 Å². The second kappa shape index (κ2) is 11.9. The molecule has 0 aromatic heterocycles. The topological polar surface area (TPSA) is 6.48 Å². The van der Waals surface area contributed by atoms with E-state index in [4.69, 9.17) is 6.42 Å². The smallest absolute Gasteiger partial charge is 0.366 e. The second-order valence-electron chi connectivity index (χ2n) is 6.44. The maximum absolute atomic E-state index is 7.14. The standard InChI is InChI=1S/C15H9.C6H16N2.2Au/c1-2-11-7-8-13-10-12-5-3-4-6-14(12)15(13)9-11;1-7(2)5-6-8(3)4;;/h3-9H,10H2;5-6H2,1-4H3;;/q-1;;;+1. The quantitative estimate of drug-likeness (QED) is 0.236. The van der Waals surface area contributed by atoms with Crippen LogP contribution < -0.4 is 0 Å². The Morgan fingerprint density at radius 1 is 0.880 bits per heavy atom. The molecule has 0 fully saturated rings. The van der Waals surface area contributed by atoms with Gasteiger partial charge in [0, 0.05) is 35.5 Å². The van der Waals surface area contributed by atoms with Gasteiger partial charge in [0.05, 0.1) is 0 Å². The van der Waals surface area contributed by atoms with Gasteiger partial charge in [-0.3, -0.25) is 5.92 Å². The van der Waals surface area contributed by atoms with Gasteiger partial charge in [0.25, 0.3) is 0 Å². The molecule has 4 heteroatoms. The van der Waals surface area contributed by atoms with Crippen molar-refractivity contribution in [3.63, 3.8) is 0 Å². The van der Waals surface area contributed by atoms with Crippen molar-refractivity contribution in [1.29, 1.82) is 0 Å². The molecular formula is C21H25Au2N2. The number of fused-ring (bicyclic) bond motifs is 3. The molecule has 0 heterocycles. The van der Waals surface area contributed by atoms with Crippen LogP contribution in [0.3, 0.4) is 0 Å². The molecule has 1 radical (unpaired) electrons. The first-order valence-electron chi connectivity index (χ1n) is 7.94. The van der Waals surface area contributed by atoms with E-state index >= 15 is 0 Å². The molecule has 0 saturated heterocycles. The molecule has 0 spiro atoms. The molecule has 0 bridgehead atoms. The Kier molecular flexibility index (Phi) is 11.6. The van der Waals surface area contributed by atoms with Crippen molar-refractivity contribution < 1.29 is 44.8 Å². The normalized spacial score (nSPS) is 10.6. The van der Waals surface area contributed by atoms with Crippen LogP contribution in [0.5, 0.6) is 0 Å². The van der Waals surface area contributed by atoms with Gasteiger partial charge in [-0.25, -0.2) is 0 Å². The average Bonchev–Trinajstić information content (AvgIpc) is 2.91. The summed E-state index contributed by atoms with van der Waals surface area (Å²) in [6, 6.07) is 14.6. The molecule has 1 aliphatic rings. The Morgan fingerprint density at radius 3 is 2.00 bits per heavy atom. The zero-order valence-electron chi connectivity index (χ0n) is 15.2. The van der Waals surface area contributed by atoms with E-state index in [1.807, 2.05) is 12.1 Å². The zero-order valence-corrected chi connectivity index (χ0v) is 19.5. The second-order valence-corrected chi connectivity index (χ2v) is 6.44. The summed E-state index contributed by atoms with van der Waals surface area (Å²) < 4.78 is 0. The number of benzene rings is 2. The monoisotopic (exact) mass is 699 g/mol. The van der Waals surface area contributed by atoms with Gasteiger partial charge in [-0.15, -0.1) is 17.7 Å². The Morgan fingerprint density at radius 2 is 1.44 bits per heavy atom. The first-order chi connectivity index (χ1) is 11.0. The van der Waals surface area contributed by atoms with E-state index < -0.39 is 0 Å². The number of nitrogens with zero attached hydrogens (tertiary/aromatic N) is 2. The summed E-state index contributed by atoms with van der Waals surface area (Å²) in [4.78, 5) is 4.36. The van der Waals surface area contributed by atoms with Crippen molar-refractivity contribution in [2.45, 2.75) is 6.42 Å². The van der Waals surface area contributed by atoms with Crippen molar-refractivity contribution in [1.82, 2.24) is 9.80 Å². The van der Waals surface area contributed by atoms with Crippen LogP contribution in [0.1, 0.15) is 16.7 Å². The third kappa shape index (κ3) is 7.27. The Bertz CT molecular complexity index is 695. The van der Waals surface area contributed by atoms with Gasteiger partial charge in [-0.2, -0.15) is 0 Å². The molecule has 3 rings (SSSR count). The molecule has 0 aliphatic heterocycles. The van der Waals surface area contributed by atoms with E-state index in [0.29, 0.717) is 0 Å². The summed E-state index contributed by atoms with van der Waals surface area (Å²) in [5.74, 6) is 2.44. The van der Waals surface area contributed by atoms with Crippen LogP contribution in [0.15, 0.2) is 42.5 Å². The summed E-state index contributed by atoms with van der Waals surface area (Å²) in [5, 5.41) is 0. The van der Waals surface area contributed by atoms with Crippen molar-refractivity contribution in [2.24, 2.45) is 0 Å². The van der Waals surface area contributed by atoms with Crippen LogP contribution in [0.4, 0.5) is 0 Å². The van der Waals surface area contributed by atoms with E-state index in [1.165, 1.54) is 22.3 Å². The summed E-state index contributed by atoms with van der Waals surface area (Å²) in [6.45, 7) is 2.29. The largest absolute Gasteiger partial charge is 1.00 e. The van der Waals surface area contributed by atoms with Crippen LogP contribution >= 0.6 is 0 Å². The molecule has 0 unspecified atom stereocenters. The van der Waals surface area contributed by atoms with Crippen LogP contribution in [0.2, 0.25) is 0 Å². The van der Waals surface area contributed by atoms with E-state index in [-0.39, 0.29) is 44.8 Å². The minimum atomic E-state index is 0. The maximum atomic E-state index is 7.14. The van der Waals surface area contributed by atoms with Crippen LogP contribution in [0, 0.1) is 12.3 Å². The van der Waals surface area contributed by atoms with E-state index in [1.54, 1.807) is 0 Å².